The van der Waals surface area contributed by atoms with Crippen LogP contribution in [-0.4, -0.2) is 93.1 Å². The zero-order valence-electron chi connectivity index (χ0n) is 30.7. The summed E-state index contributed by atoms with van der Waals surface area (Å²) in [5.41, 5.74) is 3.67. The number of nitrogens with one attached hydrogen (secondary N) is 4. The van der Waals surface area contributed by atoms with Crippen molar-refractivity contribution in [2.24, 2.45) is 11.8 Å². The fourth-order valence-corrected chi connectivity index (χ4v) is 6.74. The average molecular weight is 715 g/mol. The van der Waals surface area contributed by atoms with Gasteiger partial charge < -0.3 is 39.9 Å². The van der Waals surface area contributed by atoms with Gasteiger partial charge in [-0.1, -0.05) is 70.2 Å². The van der Waals surface area contributed by atoms with Crippen LogP contribution in [0.15, 0.2) is 48.8 Å². The maximum atomic E-state index is 13.5. The number of methoxy groups -OCH3 is 2. The van der Waals surface area contributed by atoms with Crippen LogP contribution in [0.1, 0.15) is 88.4 Å². The Morgan fingerprint density at radius 2 is 1.25 bits per heavy atom. The van der Waals surface area contributed by atoms with E-state index in [0.717, 1.165) is 59.8 Å². The summed E-state index contributed by atoms with van der Waals surface area (Å²) in [5, 5.41) is 5.36. The molecule has 0 radical (unpaired) electrons. The van der Waals surface area contributed by atoms with Crippen molar-refractivity contribution in [1.82, 2.24) is 40.4 Å². The van der Waals surface area contributed by atoms with Gasteiger partial charge in [0.2, 0.25) is 11.8 Å². The number of rotatable bonds is 12. The molecule has 2 aromatic heterocycles. The van der Waals surface area contributed by atoms with Crippen molar-refractivity contribution in [3.8, 4) is 11.3 Å². The number of carbonyl (C=O) groups is 4. The lowest BCUT2D eigenvalue weighted by Gasteiger charge is -2.30. The molecule has 5 rings (SSSR count). The van der Waals surface area contributed by atoms with Crippen molar-refractivity contribution < 1.29 is 28.7 Å². The molecule has 2 fully saturated rings. The summed E-state index contributed by atoms with van der Waals surface area (Å²) in [6.45, 7) is 8.77. The number of aromatic amines is 2. The van der Waals surface area contributed by atoms with Crippen molar-refractivity contribution in [1.29, 1.82) is 0 Å². The normalized spacial score (nSPS) is 18.8. The summed E-state index contributed by atoms with van der Waals surface area (Å²) in [4.78, 5) is 70.2. The molecule has 278 valence electrons. The van der Waals surface area contributed by atoms with Crippen molar-refractivity contribution >= 4 is 36.2 Å². The molecule has 0 spiro atoms. The molecule has 14 nitrogen and oxygen atoms in total. The molecule has 14 heteroatoms. The number of allylic oxidation sites excluding steroid dienone is 2. The number of hydrogen-bond acceptors (Lipinski definition) is 8. The van der Waals surface area contributed by atoms with E-state index in [4.69, 9.17) is 9.47 Å². The number of carbonyl (C=O) groups excluding carboxylic acids is 4. The fourth-order valence-electron chi connectivity index (χ4n) is 6.74. The lowest BCUT2D eigenvalue weighted by molar-refractivity contribution is -0.136. The summed E-state index contributed by atoms with van der Waals surface area (Å²) >= 11 is 0. The Kier molecular flexibility index (Phi) is 12.5. The van der Waals surface area contributed by atoms with Gasteiger partial charge in [-0.25, -0.2) is 19.6 Å². The van der Waals surface area contributed by atoms with Crippen LogP contribution >= 0.6 is 0 Å². The Morgan fingerprint density at radius 1 is 0.750 bits per heavy atom. The Bertz CT molecular complexity index is 1760. The van der Waals surface area contributed by atoms with E-state index in [1.165, 1.54) is 14.2 Å². The van der Waals surface area contributed by atoms with Gasteiger partial charge in [0.1, 0.15) is 23.7 Å². The Morgan fingerprint density at radius 3 is 1.77 bits per heavy atom. The van der Waals surface area contributed by atoms with Gasteiger partial charge in [-0.15, -0.1) is 0 Å². The molecular weight excluding hydrogens is 664 g/mol. The van der Waals surface area contributed by atoms with Gasteiger partial charge in [0.15, 0.2) is 0 Å². The van der Waals surface area contributed by atoms with Gasteiger partial charge in [-0.3, -0.25) is 9.59 Å². The molecule has 2 aliphatic heterocycles. The van der Waals surface area contributed by atoms with Crippen LogP contribution in [0.5, 0.6) is 0 Å². The molecule has 3 aromatic rings. The first-order chi connectivity index (χ1) is 25.0. The maximum Gasteiger partial charge on any atom is 0.407 e. The summed E-state index contributed by atoms with van der Waals surface area (Å²) in [6.07, 6.45) is 13.4. The quantitative estimate of drug-likeness (QED) is 0.175. The van der Waals surface area contributed by atoms with E-state index in [-0.39, 0.29) is 35.7 Å². The predicted octanol–water partition coefficient (Wildman–Crippen LogP) is 5.61. The van der Waals surface area contributed by atoms with Crippen LogP contribution in [0.2, 0.25) is 0 Å². The van der Waals surface area contributed by atoms with Crippen LogP contribution in [0.25, 0.3) is 23.4 Å². The van der Waals surface area contributed by atoms with Gasteiger partial charge in [0.05, 0.1) is 50.1 Å². The molecule has 2 aliphatic rings. The second kappa shape index (κ2) is 17.2. The standard InChI is InChI=1S/C38H50N8O6/c1-23(2)31(43-37(49)51-5)35(47)45-19-9-13-29(45)33-39-21-27(41-33)12-8-7-11-25-15-17-26(18-16-25)28-22-40-34(42-28)30-14-10-20-46(30)36(48)32(24(3)4)44-38(50)52-6/h7-8,11-12,15-18,21-24,29-32H,9-10,13-14,19-20H2,1-6H3,(H,39,41)(H,40,42)(H,43,49)(H,44,50)/t29-,30-,31-,32+/m0/s1. The molecule has 2 saturated heterocycles. The fraction of sp³-hybridized carbons (Fsp3) is 0.474. The number of likely N-dealkylation sites (tertiary alicyclic amines) is 2. The largest absolute Gasteiger partial charge is 0.453 e. The first kappa shape index (κ1) is 37.8. The van der Waals surface area contributed by atoms with E-state index in [1.54, 1.807) is 22.2 Å². The molecule has 4 heterocycles. The van der Waals surface area contributed by atoms with E-state index in [9.17, 15) is 19.2 Å². The number of hydrogen-bond donors (Lipinski definition) is 4. The third-order valence-electron chi connectivity index (χ3n) is 9.59. The van der Waals surface area contributed by atoms with E-state index < -0.39 is 24.3 Å². The highest BCUT2D eigenvalue weighted by Crippen LogP contribution is 2.33. The van der Waals surface area contributed by atoms with Gasteiger partial charge in [0, 0.05) is 13.1 Å². The number of imidazole rings is 2. The predicted molar refractivity (Wildman–Crippen MR) is 196 cm³/mol. The van der Waals surface area contributed by atoms with Crippen LogP contribution in [-0.2, 0) is 19.1 Å². The van der Waals surface area contributed by atoms with E-state index in [1.807, 2.05) is 76.3 Å². The van der Waals surface area contributed by atoms with Crippen LogP contribution in [0, 0.1) is 11.8 Å². The van der Waals surface area contributed by atoms with Gasteiger partial charge in [0.25, 0.3) is 0 Å². The van der Waals surface area contributed by atoms with Crippen molar-refractivity contribution in [2.45, 2.75) is 77.5 Å². The van der Waals surface area contributed by atoms with E-state index >= 15 is 0 Å². The van der Waals surface area contributed by atoms with E-state index in [0.29, 0.717) is 13.1 Å². The van der Waals surface area contributed by atoms with Crippen LogP contribution in [0.4, 0.5) is 9.59 Å². The topological polar surface area (TPSA) is 175 Å². The smallest absolute Gasteiger partial charge is 0.407 e. The second-order valence-corrected chi connectivity index (χ2v) is 13.8. The third-order valence-corrected chi connectivity index (χ3v) is 9.59. The zero-order valence-corrected chi connectivity index (χ0v) is 30.7. The van der Waals surface area contributed by atoms with Gasteiger partial charge in [-0.05, 0) is 54.7 Å². The second-order valence-electron chi connectivity index (χ2n) is 13.8. The Hall–Kier alpha value is -5.40. The Labute approximate surface area is 304 Å². The molecule has 0 aliphatic carbocycles. The highest BCUT2D eigenvalue weighted by Gasteiger charge is 2.38. The minimum absolute atomic E-state index is 0.0984. The number of alkyl carbamates (subject to hydrolysis) is 2. The molecule has 0 bridgehead atoms. The average Bonchev–Trinajstić information content (AvgIpc) is 3.97. The highest BCUT2D eigenvalue weighted by atomic mass is 16.5. The number of amides is 4. The minimum atomic E-state index is -0.683. The van der Waals surface area contributed by atoms with Crippen molar-refractivity contribution in [2.75, 3.05) is 27.3 Å². The van der Waals surface area contributed by atoms with Crippen LogP contribution in [0.3, 0.4) is 0 Å². The number of benzene rings is 1. The summed E-state index contributed by atoms with van der Waals surface area (Å²) in [5.74, 6) is 0.958. The van der Waals surface area contributed by atoms with Gasteiger partial charge >= 0.3 is 12.2 Å². The van der Waals surface area contributed by atoms with Crippen molar-refractivity contribution in [3.05, 3.63) is 71.7 Å². The molecule has 0 saturated carbocycles. The summed E-state index contributed by atoms with van der Waals surface area (Å²) in [6, 6.07) is 6.34. The zero-order chi connectivity index (χ0) is 37.4. The lowest BCUT2D eigenvalue weighted by Crippen LogP contribution is -2.51. The lowest BCUT2D eigenvalue weighted by atomic mass is 10.0. The number of ether oxygens (including phenoxy) is 2. The summed E-state index contributed by atoms with van der Waals surface area (Å²) in [7, 11) is 2.57. The first-order valence-corrected chi connectivity index (χ1v) is 17.9. The Balaban J connectivity index is 1.18. The minimum Gasteiger partial charge on any atom is -0.453 e. The molecule has 4 atom stereocenters. The number of H-pyrrole nitrogens is 2. The van der Waals surface area contributed by atoms with Crippen LogP contribution < -0.4 is 10.6 Å². The molecule has 0 unspecified atom stereocenters. The molecule has 4 N–H and O–H groups in total. The van der Waals surface area contributed by atoms with E-state index in [2.05, 4.69) is 30.6 Å². The first-order valence-electron chi connectivity index (χ1n) is 17.9. The maximum absolute atomic E-state index is 13.5. The monoisotopic (exact) mass is 714 g/mol. The molecule has 4 amide bonds. The third kappa shape index (κ3) is 8.90. The van der Waals surface area contributed by atoms with Crippen molar-refractivity contribution in [3.63, 3.8) is 0 Å². The number of aromatic nitrogens is 4. The molecule has 52 heavy (non-hydrogen) atoms. The SMILES string of the molecule is COC(=O)N[C@H](C(=O)N1CCC[C@H]1c1ncc(C=CC=Cc2ccc(-c3cnc([C@@H]4CCCN4C(=O)[C@H](NC(=O)OC)C(C)C)[nH]3)cc2)[nH]1)C(C)C. The number of nitrogens with zero attached hydrogens (tertiary/aromatic N) is 4. The van der Waals surface area contributed by atoms with Gasteiger partial charge in [-0.2, -0.15) is 0 Å². The highest BCUT2D eigenvalue weighted by molar-refractivity contribution is 5.87. The molecular formula is C38H50N8O6. The molecule has 1 aromatic carbocycles. The summed E-state index contributed by atoms with van der Waals surface area (Å²) < 4.78 is 9.46.